The van der Waals surface area contributed by atoms with Gasteiger partial charge in [0.2, 0.25) is 0 Å². The summed E-state index contributed by atoms with van der Waals surface area (Å²) in [6.45, 7) is 3.86. The first-order valence-corrected chi connectivity index (χ1v) is 10.2. The van der Waals surface area contributed by atoms with E-state index in [2.05, 4.69) is 19.8 Å². The summed E-state index contributed by atoms with van der Waals surface area (Å²) < 4.78 is 37.2. The van der Waals surface area contributed by atoms with Crippen LogP contribution in [0.25, 0.3) is 5.69 Å². The fraction of sp³-hybridized carbons (Fsp3) is 0.238. The average Bonchev–Trinajstić information content (AvgIpc) is 3.23. The molecule has 0 aliphatic carbocycles. The van der Waals surface area contributed by atoms with Crippen LogP contribution in [0.3, 0.4) is 0 Å². The minimum absolute atomic E-state index is 0.0406. The molecule has 1 atom stereocenters. The lowest BCUT2D eigenvalue weighted by molar-refractivity contribution is -0.286. The number of aromatic nitrogens is 1. The van der Waals surface area contributed by atoms with Gasteiger partial charge < -0.3 is 14.8 Å². The van der Waals surface area contributed by atoms with Gasteiger partial charge in [0.05, 0.1) is 11.7 Å². The van der Waals surface area contributed by atoms with Crippen molar-refractivity contribution in [1.82, 2.24) is 9.88 Å². The van der Waals surface area contributed by atoms with Crippen molar-refractivity contribution in [2.45, 2.75) is 32.6 Å². The van der Waals surface area contributed by atoms with E-state index in [1.165, 1.54) is 23.5 Å². The molecule has 0 saturated heterocycles. The van der Waals surface area contributed by atoms with Crippen molar-refractivity contribution in [3.63, 3.8) is 0 Å². The largest absolute Gasteiger partial charge is 0.586 e. The van der Waals surface area contributed by atoms with Gasteiger partial charge in [-0.05, 0) is 31.0 Å². The average molecular weight is 431 g/mol. The Hall–Kier alpha value is -3.20. The molecule has 0 fully saturated rings. The Bertz CT molecular complexity index is 1140. The van der Waals surface area contributed by atoms with E-state index in [0.29, 0.717) is 16.9 Å². The lowest BCUT2D eigenvalue weighted by Crippen LogP contribution is -2.28. The summed E-state index contributed by atoms with van der Waals surface area (Å²) in [6, 6.07) is 13.4. The number of carbonyl (C=O) groups is 1. The summed E-state index contributed by atoms with van der Waals surface area (Å²) in [5.74, 6) is -0.111. The number of nitrogens with one attached hydrogen (secondary N) is 1. The molecule has 30 heavy (non-hydrogen) atoms. The van der Waals surface area contributed by atoms with Gasteiger partial charge in [-0.15, -0.1) is 20.1 Å². The van der Waals surface area contributed by atoms with Gasteiger partial charge in [-0.3, -0.25) is 4.57 Å². The van der Waals surface area contributed by atoms with Crippen LogP contribution >= 0.6 is 11.3 Å². The van der Waals surface area contributed by atoms with Crippen LogP contribution in [0, 0.1) is 6.92 Å². The highest BCUT2D eigenvalue weighted by Crippen LogP contribution is 2.41. The number of nitrogens with zero attached hydrogens (tertiary/aromatic N) is 2. The minimum Gasteiger partial charge on any atom is -0.395 e. The molecule has 2 aromatic carbocycles. The zero-order valence-corrected chi connectivity index (χ0v) is 17.1. The number of fused-ring (bicyclic) bond motifs is 1. The molecule has 2 amide bonds. The van der Waals surface area contributed by atoms with Gasteiger partial charge >= 0.3 is 12.3 Å². The van der Waals surface area contributed by atoms with Gasteiger partial charge in [-0.25, -0.2) is 4.79 Å². The molecule has 0 spiro atoms. The maximum Gasteiger partial charge on any atom is 0.586 e. The van der Waals surface area contributed by atoms with Crippen LogP contribution in [0.2, 0.25) is 0 Å². The molecule has 3 aromatic rings. The molecule has 0 radical (unpaired) electrons. The summed E-state index contributed by atoms with van der Waals surface area (Å²) in [6.07, 6.45) is -1.19. The van der Waals surface area contributed by atoms with Crippen molar-refractivity contribution in [3.05, 3.63) is 70.0 Å². The second kappa shape index (κ2) is 7.91. The second-order valence-electron chi connectivity index (χ2n) is 6.73. The molecule has 1 aliphatic rings. The summed E-state index contributed by atoms with van der Waals surface area (Å²) in [4.78, 5) is 18.1. The van der Waals surface area contributed by atoms with Gasteiger partial charge in [0.15, 0.2) is 16.3 Å². The summed E-state index contributed by atoms with van der Waals surface area (Å²) in [5, 5.41) is 2.92. The van der Waals surface area contributed by atoms with Gasteiger partial charge in [0.25, 0.3) is 0 Å². The van der Waals surface area contributed by atoms with E-state index in [1.807, 2.05) is 44.2 Å². The fourth-order valence-electron chi connectivity index (χ4n) is 3.18. The molecule has 156 valence electrons. The number of aryl methyl sites for hydroxylation is 1. The highest BCUT2D eigenvalue weighted by atomic mass is 32.1. The number of ether oxygens (including phenoxy) is 2. The van der Waals surface area contributed by atoms with Crippen LogP contribution in [-0.4, -0.2) is 16.9 Å². The number of halogens is 2. The molecule has 6 nitrogen and oxygen atoms in total. The molecule has 9 heteroatoms. The van der Waals surface area contributed by atoms with E-state index in [-0.39, 0.29) is 17.5 Å². The zero-order valence-electron chi connectivity index (χ0n) is 16.3. The molecule has 0 bridgehead atoms. The molecule has 1 aliphatic heterocycles. The first-order chi connectivity index (χ1) is 14.3. The topological polar surface area (TPSA) is 64.9 Å². The highest BCUT2D eigenvalue weighted by Gasteiger charge is 2.43. The van der Waals surface area contributed by atoms with Crippen molar-refractivity contribution < 1.29 is 23.0 Å². The summed E-state index contributed by atoms with van der Waals surface area (Å²) >= 11 is 1.32. The SMILES string of the molecule is CCC(NC(=O)N=c1sc(C)cn1-c1ccc2c(c1)OC(F)(F)O2)c1ccccc1. The maximum absolute atomic E-state index is 13.3. The third-order valence-electron chi connectivity index (χ3n) is 4.54. The number of amides is 2. The number of alkyl halides is 2. The first kappa shape index (κ1) is 20.1. The van der Waals surface area contributed by atoms with Crippen LogP contribution in [0.4, 0.5) is 13.6 Å². The summed E-state index contributed by atoms with van der Waals surface area (Å²) in [5.41, 5.74) is 1.52. The van der Waals surface area contributed by atoms with E-state index in [1.54, 1.807) is 16.8 Å². The lowest BCUT2D eigenvalue weighted by atomic mass is 10.1. The molecule has 1 N–H and O–H groups in total. The number of hydrogen-bond donors (Lipinski definition) is 1. The number of carbonyl (C=O) groups excluding carboxylic acids is 1. The monoisotopic (exact) mass is 431 g/mol. The second-order valence-corrected chi connectivity index (χ2v) is 7.94. The van der Waals surface area contributed by atoms with Crippen molar-refractivity contribution in [2.24, 2.45) is 4.99 Å². The molecular weight excluding hydrogens is 412 g/mol. The Morgan fingerprint density at radius 1 is 1.20 bits per heavy atom. The van der Waals surface area contributed by atoms with E-state index in [9.17, 15) is 13.6 Å². The van der Waals surface area contributed by atoms with E-state index < -0.39 is 12.3 Å². The molecular formula is C21H19F2N3O3S. The van der Waals surface area contributed by atoms with E-state index in [0.717, 1.165) is 10.4 Å². The highest BCUT2D eigenvalue weighted by molar-refractivity contribution is 7.09. The summed E-state index contributed by atoms with van der Waals surface area (Å²) in [7, 11) is 0. The van der Waals surface area contributed by atoms with E-state index in [4.69, 9.17) is 0 Å². The zero-order chi connectivity index (χ0) is 21.3. The lowest BCUT2D eigenvalue weighted by Gasteiger charge is -2.15. The number of thiazole rings is 1. The third kappa shape index (κ3) is 4.20. The predicted octanol–water partition coefficient (Wildman–Crippen LogP) is 4.93. The molecule has 2 heterocycles. The van der Waals surface area contributed by atoms with Gasteiger partial charge in [0, 0.05) is 17.1 Å². The molecule has 1 unspecified atom stereocenters. The third-order valence-corrected chi connectivity index (χ3v) is 5.44. The van der Waals surface area contributed by atoms with Crippen LogP contribution in [0.5, 0.6) is 11.5 Å². The Morgan fingerprint density at radius 3 is 2.67 bits per heavy atom. The van der Waals surface area contributed by atoms with Crippen LogP contribution in [-0.2, 0) is 0 Å². The molecule has 4 rings (SSSR count). The standard InChI is InChI=1S/C21H19F2N3O3S/c1-3-16(14-7-5-4-6-8-14)24-19(27)25-20-26(12-13(2)30-20)15-9-10-17-18(11-15)29-21(22,23)28-17/h4-12,16H,3H2,1-2H3,(H,24,27). The van der Waals surface area contributed by atoms with Gasteiger partial charge in [-0.1, -0.05) is 37.3 Å². The normalized spacial score (nSPS) is 15.8. The van der Waals surface area contributed by atoms with Crippen molar-refractivity contribution in [3.8, 4) is 17.2 Å². The Balaban J connectivity index is 1.62. The van der Waals surface area contributed by atoms with Gasteiger partial charge in [0.1, 0.15) is 0 Å². The minimum atomic E-state index is -3.68. The van der Waals surface area contributed by atoms with Crippen LogP contribution in [0.15, 0.2) is 59.7 Å². The van der Waals surface area contributed by atoms with Crippen molar-refractivity contribution in [1.29, 1.82) is 0 Å². The molecule has 1 aromatic heterocycles. The number of urea groups is 1. The van der Waals surface area contributed by atoms with Gasteiger partial charge in [-0.2, -0.15) is 4.99 Å². The Labute approximate surface area is 175 Å². The van der Waals surface area contributed by atoms with Crippen LogP contribution < -0.4 is 19.6 Å². The molecule has 0 saturated carbocycles. The predicted molar refractivity (Wildman–Crippen MR) is 108 cm³/mol. The smallest absolute Gasteiger partial charge is 0.395 e. The fourth-order valence-corrected chi connectivity index (χ4v) is 4.01. The van der Waals surface area contributed by atoms with E-state index >= 15 is 0 Å². The number of benzene rings is 2. The van der Waals surface area contributed by atoms with Crippen molar-refractivity contribution >= 4 is 17.4 Å². The quantitative estimate of drug-likeness (QED) is 0.637. The van der Waals surface area contributed by atoms with Crippen LogP contribution in [0.1, 0.15) is 29.8 Å². The Morgan fingerprint density at radius 2 is 1.93 bits per heavy atom. The first-order valence-electron chi connectivity index (χ1n) is 9.34. The Kier molecular flexibility index (Phi) is 5.29. The maximum atomic E-state index is 13.3. The number of hydrogen-bond acceptors (Lipinski definition) is 4. The number of rotatable bonds is 4. The van der Waals surface area contributed by atoms with Crippen molar-refractivity contribution in [2.75, 3.05) is 0 Å².